The van der Waals surface area contributed by atoms with Gasteiger partial charge in [-0.25, -0.2) is 0 Å². The fraction of sp³-hybridized carbons (Fsp3) is 0.750. The van der Waals surface area contributed by atoms with Crippen LogP contribution in [0.4, 0.5) is 0 Å². The van der Waals surface area contributed by atoms with Crippen molar-refractivity contribution in [3.63, 3.8) is 0 Å². The minimum atomic E-state index is -0.790. The van der Waals surface area contributed by atoms with Gasteiger partial charge in [0.15, 0.2) is 0 Å². The van der Waals surface area contributed by atoms with E-state index in [1.807, 2.05) is 22.6 Å². The third-order valence-corrected chi connectivity index (χ3v) is 1.68. The lowest BCUT2D eigenvalue weighted by atomic mass is 10.4. The molecule has 0 fully saturated rings. The van der Waals surface area contributed by atoms with Crippen molar-refractivity contribution in [2.75, 3.05) is 11.5 Å². The number of hydrogen-bond acceptors (Lipinski definition) is 2. The minimum absolute atomic E-state index is 0.393. The second-order valence-electron chi connectivity index (χ2n) is 1.33. The van der Waals surface area contributed by atoms with E-state index in [0.717, 1.165) is 0 Å². The third-order valence-electron chi connectivity index (χ3n) is 0.801. The molecule has 0 bridgehead atoms. The number of rotatable bonds is 3. The van der Waals surface area contributed by atoms with Crippen molar-refractivity contribution in [3.05, 3.63) is 0 Å². The molecule has 0 aromatic rings. The zero-order valence-corrected chi connectivity index (χ0v) is 6.68. The first-order valence-corrected chi connectivity index (χ1v) is 3.71. The van der Waals surface area contributed by atoms with E-state index in [1.54, 1.807) is 7.05 Å². The van der Waals surface area contributed by atoms with Gasteiger partial charge in [0, 0.05) is 4.43 Å². The van der Waals surface area contributed by atoms with Gasteiger partial charge in [-0.3, -0.25) is 4.79 Å². The minimum Gasteiger partial charge on any atom is -0.480 e. The van der Waals surface area contributed by atoms with Crippen LogP contribution in [0.5, 0.6) is 0 Å². The number of hydrogen-bond donors (Lipinski definition) is 2. The molecule has 0 spiro atoms. The van der Waals surface area contributed by atoms with Crippen LogP contribution in [0.2, 0.25) is 0 Å². The molecule has 0 aromatic heterocycles. The fourth-order valence-corrected chi connectivity index (χ4v) is 1.08. The number of halogens is 1. The summed E-state index contributed by atoms with van der Waals surface area (Å²) in [5.74, 6) is -0.790. The fourth-order valence-electron chi connectivity index (χ4n) is 0.267. The van der Waals surface area contributed by atoms with Gasteiger partial charge < -0.3 is 10.4 Å². The molecule has 0 aliphatic heterocycles. The molecule has 0 aliphatic carbocycles. The van der Waals surface area contributed by atoms with Crippen molar-refractivity contribution in [3.8, 4) is 0 Å². The summed E-state index contributed by atoms with van der Waals surface area (Å²) in [5, 5.41) is 11.0. The first-order chi connectivity index (χ1) is 3.72. The number of carbonyl (C=O) groups is 1. The van der Waals surface area contributed by atoms with Gasteiger partial charge in [-0.1, -0.05) is 22.6 Å². The maximum atomic E-state index is 10.1. The van der Waals surface area contributed by atoms with Crippen molar-refractivity contribution >= 4 is 28.6 Å². The van der Waals surface area contributed by atoms with Crippen LogP contribution in [-0.2, 0) is 4.79 Å². The lowest BCUT2D eigenvalue weighted by Gasteiger charge is -2.04. The second-order valence-corrected chi connectivity index (χ2v) is 2.21. The highest BCUT2D eigenvalue weighted by Crippen LogP contribution is 1.89. The van der Waals surface area contributed by atoms with E-state index in [4.69, 9.17) is 5.11 Å². The summed E-state index contributed by atoms with van der Waals surface area (Å²) in [6, 6.07) is -0.393. The summed E-state index contributed by atoms with van der Waals surface area (Å²) in [6.45, 7) is 0. The molecule has 0 radical (unpaired) electrons. The molecule has 0 amide bonds. The zero-order chi connectivity index (χ0) is 6.57. The van der Waals surface area contributed by atoms with Gasteiger partial charge >= 0.3 is 5.97 Å². The Morgan fingerprint density at radius 2 is 2.50 bits per heavy atom. The highest BCUT2D eigenvalue weighted by molar-refractivity contribution is 14.1. The van der Waals surface area contributed by atoms with Gasteiger partial charge in [0.25, 0.3) is 0 Å². The first kappa shape index (κ1) is 8.16. The predicted molar refractivity (Wildman–Crippen MR) is 39.4 cm³/mol. The standard InChI is InChI=1S/C4H8INO2/c1-6-3(2-5)4(7)8/h3,6H,2H2,1H3,(H,7,8). The van der Waals surface area contributed by atoms with Gasteiger partial charge in [-0.15, -0.1) is 0 Å². The number of nitrogens with one attached hydrogen (secondary N) is 1. The monoisotopic (exact) mass is 229 g/mol. The first-order valence-electron chi connectivity index (χ1n) is 2.18. The molecule has 3 nitrogen and oxygen atoms in total. The summed E-state index contributed by atoms with van der Waals surface area (Å²) < 4.78 is 0.601. The molecule has 1 atom stereocenters. The van der Waals surface area contributed by atoms with Crippen molar-refractivity contribution in [1.29, 1.82) is 0 Å². The summed E-state index contributed by atoms with van der Waals surface area (Å²) in [4.78, 5) is 10.1. The Morgan fingerprint density at radius 3 is 2.50 bits per heavy atom. The highest BCUT2D eigenvalue weighted by atomic mass is 127. The largest absolute Gasteiger partial charge is 0.480 e. The summed E-state index contributed by atoms with van der Waals surface area (Å²) in [7, 11) is 1.64. The van der Waals surface area contributed by atoms with E-state index in [1.165, 1.54) is 0 Å². The van der Waals surface area contributed by atoms with Gasteiger partial charge in [0.1, 0.15) is 6.04 Å². The van der Waals surface area contributed by atoms with Crippen molar-refractivity contribution < 1.29 is 9.90 Å². The maximum absolute atomic E-state index is 10.1. The van der Waals surface area contributed by atoms with Crippen LogP contribution in [0, 0.1) is 0 Å². The Bertz CT molecular complexity index is 82.1. The van der Waals surface area contributed by atoms with Gasteiger partial charge in [0.2, 0.25) is 0 Å². The third kappa shape index (κ3) is 2.46. The van der Waals surface area contributed by atoms with E-state index >= 15 is 0 Å². The Kier molecular flexibility index (Phi) is 4.16. The summed E-state index contributed by atoms with van der Waals surface area (Å²) in [6.07, 6.45) is 0. The molecule has 2 N–H and O–H groups in total. The molecular weight excluding hydrogens is 221 g/mol. The van der Waals surface area contributed by atoms with Gasteiger partial charge in [-0.2, -0.15) is 0 Å². The van der Waals surface area contributed by atoms with Gasteiger partial charge in [-0.05, 0) is 7.05 Å². The number of likely N-dealkylation sites (N-methyl/N-ethyl adjacent to an activating group) is 1. The molecule has 1 unspecified atom stereocenters. The average Bonchev–Trinajstić information content (AvgIpc) is 1.69. The smallest absolute Gasteiger partial charge is 0.321 e. The molecule has 8 heavy (non-hydrogen) atoms. The molecular formula is C4H8INO2. The average molecular weight is 229 g/mol. The molecule has 0 heterocycles. The van der Waals surface area contributed by atoms with Crippen LogP contribution in [-0.4, -0.2) is 28.6 Å². The lowest BCUT2D eigenvalue weighted by molar-refractivity contribution is -0.138. The lowest BCUT2D eigenvalue weighted by Crippen LogP contribution is -2.34. The number of alkyl halides is 1. The summed E-state index contributed by atoms with van der Waals surface area (Å²) in [5.41, 5.74) is 0. The number of carboxylic acids is 1. The normalized spacial score (nSPS) is 13.2. The number of carboxylic acid groups (broad SMARTS) is 1. The molecule has 0 saturated carbocycles. The van der Waals surface area contributed by atoms with E-state index in [9.17, 15) is 4.79 Å². The zero-order valence-electron chi connectivity index (χ0n) is 4.52. The van der Waals surface area contributed by atoms with E-state index in [-0.39, 0.29) is 0 Å². The Balaban J connectivity index is 3.52. The van der Waals surface area contributed by atoms with Crippen LogP contribution < -0.4 is 5.32 Å². The molecule has 0 aliphatic rings. The van der Waals surface area contributed by atoms with E-state index in [2.05, 4.69) is 5.32 Å². The van der Waals surface area contributed by atoms with Crippen LogP contribution in [0.3, 0.4) is 0 Å². The van der Waals surface area contributed by atoms with E-state index < -0.39 is 12.0 Å². The van der Waals surface area contributed by atoms with Crippen LogP contribution in [0.1, 0.15) is 0 Å². The predicted octanol–water partition coefficient (Wildman–Crippen LogP) is 0.0940. The highest BCUT2D eigenvalue weighted by Gasteiger charge is 2.10. The van der Waals surface area contributed by atoms with Crippen LogP contribution in [0.15, 0.2) is 0 Å². The SMILES string of the molecule is CNC(CI)C(=O)O. The Labute approximate surface area is 61.6 Å². The quantitative estimate of drug-likeness (QED) is 0.532. The van der Waals surface area contributed by atoms with Crippen molar-refractivity contribution in [1.82, 2.24) is 5.32 Å². The topological polar surface area (TPSA) is 49.3 Å². The summed E-state index contributed by atoms with van der Waals surface area (Å²) >= 11 is 2.02. The Morgan fingerprint density at radius 1 is 2.00 bits per heavy atom. The van der Waals surface area contributed by atoms with Crippen LogP contribution >= 0.6 is 22.6 Å². The molecule has 0 aromatic carbocycles. The van der Waals surface area contributed by atoms with Gasteiger partial charge in [0.05, 0.1) is 0 Å². The number of aliphatic carboxylic acids is 1. The molecule has 0 saturated heterocycles. The van der Waals surface area contributed by atoms with Crippen LogP contribution in [0.25, 0.3) is 0 Å². The maximum Gasteiger partial charge on any atom is 0.321 e. The van der Waals surface area contributed by atoms with Crippen molar-refractivity contribution in [2.45, 2.75) is 6.04 Å². The molecule has 0 rings (SSSR count). The van der Waals surface area contributed by atoms with Crippen molar-refractivity contribution in [2.24, 2.45) is 0 Å². The molecule has 48 valence electrons. The molecule has 4 heteroatoms. The Hall–Kier alpha value is 0.160. The van der Waals surface area contributed by atoms with E-state index in [0.29, 0.717) is 4.43 Å². The second kappa shape index (κ2) is 4.08.